The lowest BCUT2D eigenvalue weighted by molar-refractivity contribution is 0.547. The molecule has 0 amide bonds. The number of aromatic amines is 1. The summed E-state index contributed by atoms with van der Waals surface area (Å²) in [6.45, 7) is 3.75. The molecule has 3 rings (SSSR count). The highest BCUT2D eigenvalue weighted by molar-refractivity contribution is 9.10. The highest BCUT2D eigenvalue weighted by Crippen LogP contribution is 2.26. The highest BCUT2D eigenvalue weighted by Gasteiger charge is 2.23. The van der Waals surface area contributed by atoms with Crippen molar-refractivity contribution in [3.05, 3.63) is 76.4 Å². The van der Waals surface area contributed by atoms with Crippen molar-refractivity contribution < 1.29 is 8.42 Å². The van der Waals surface area contributed by atoms with E-state index in [4.69, 9.17) is 11.6 Å². The third kappa shape index (κ3) is 4.20. The van der Waals surface area contributed by atoms with Crippen molar-refractivity contribution in [2.24, 2.45) is 0 Å². The van der Waals surface area contributed by atoms with Gasteiger partial charge in [-0.3, -0.25) is 0 Å². The second-order valence-corrected chi connectivity index (χ2v) is 8.99. The van der Waals surface area contributed by atoms with Gasteiger partial charge in [0.2, 0.25) is 10.0 Å². The van der Waals surface area contributed by atoms with Gasteiger partial charge in [0.25, 0.3) is 0 Å². The first-order valence-electron chi connectivity index (χ1n) is 8.04. The van der Waals surface area contributed by atoms with E-state index < -0.39 is 10.0 Å². The van der Waals surface area contributed by atoms with Gasteiger partial charge >= 0.3 is 0 Å². The molecule has 136 valence electrons. The van der Waals surface area contributed by atoms with Crippen molar-refractivity contribution >= 4 is 48.5 Å². The first kappa shape index (κ1) is 19.2. The summed E-state index contributed by atoms with van der Waals surface area (Å²) in [4.78, 5) is 3.28. The van der Waals surface area contributed by atoms with Gasteiger partial charge in [0.05, 0.1) is 5.02 Å². The summed E-state index contributed by atoms with van der Waals surface area (Å²) in [6, 6.07) is 12.3. The summed E-state index contributed by atoms with van der Waals surface area (Å²) >= 11 is 9.41. The van der Waals surface area contributed by atoms with Gasteiger partial charge in [-0.25, -0.2) is 13.1 Å². The quantitative estimate of drug-likeness (QED) is 0.492. The molecule has 1 heterocycles. The maximum atomic E-state index is 12.8. The first-order chi connectivity index (χ1) is 12.4. The third-order valence-electron chi connectivity index (χ3n) is 4.10. The zero-order valence-corrected chi connectivity index (χ0v) is 17.0. The van der Waals surface area contributed by atoms with E-state index in [9.17, 15) is 8.42 Å². The topological polar surface area (TPSA) is 62.0 Å². The summed E-state index contributed by atoms with van der Waals surface area (Å²) in [5, 5.41) is 1.26. The molecule has 2 N–H and O–H groups in total. The van der Waals surface area contributed by atoms with Gasteiger partial charge in [-0.2, -0.15) is 0 Å². The predicted molar refractivity (Wildman–Crippen MR) is 110 cm³/mol. The minimum atomic E-state index is -3.75. The smallest absolute Gasteiger partial charge is 0.242 e. The van der Waals surface area contributed by atoms with Gasteiger partial charge in [-0.15, -0.1) is 6.58 Å². The van der Waals surface area contributed by atoms with Crippen molar-refractivity contribution in [2.75, 3.05) is 0 Å². The van der Waals surface area contributed by atoms with Gasteiger partial charge in [0.1, 0.15) is 4.90 Å². The molecule has 1 aromatic heterocycles. The molecule has 0 aliphatic rings. The minimum absolute atomic E-state index is 0.0651. The minimum Gasteiger partial charge on any atom is -0.361 e. The van der Waals surface area contributed by atoms with Crippen molar-refractivity contribution in [2.45, 2.75) is 23.8 Å². The molecule has 0 saturated carbocycles. The van der Waals surface area contributed by atoms with Crippen LogP contribution in [0.2, 0.25) is 5.02 Å². The summed E-state index contributed by atoms with van der Waals surface area (Å²) in [7, 11) is -3.75. The van der Waals surface area contributed by atoms with E-state index in [0.717, 1.165) is 20.9 Å². The molecule has 0 saturated heterocycles. The predicted octanol–water partition coefficient (Wildman–Crippen LogP) is 5.05. The Hall–Kier alpha value is -1.60. The molecule has 0 unspecified atom stereocenters. The van der Waals surface area contributed by atoms with Crippen LogP contribution in [0.3, 0.4) is 0 Å². The normalized spacial score (nSPS) is 13.0. The maximum absolute atomic E-state index is 12.8. The Kier molecular flexibility index (Phi) is 5.87. The van der Waals surface area contributed by atoms with Crippen LogP contribution in [0.15, 0.2) is 70.7 Å². The molecule has 3 aromatic rings. The number of halogens is 2. The Morgan fingerprint density at radius 1 is 1.27 bits per heavy atom. The Labute approximate surface area is 166 Å². The number of fused-ring (bicyclic) bond motifs is 1. The van der Waals surface area contributed by atoms with Crippen LogP contribution < -0.4 is 4.72 Å². The average Bonchev–Trinajstić information content (AvgIpc) is 2.97. The number of H-pyrrole nitrogens is 1. The van der Waals surface area contributed by atoms with Gasteiger partial charge < -0.3 is 4.98 Å². The van der Waals surface area contributed by atoms with E-state index in [1.165, 1.54) is 6.07 Å². The van der Waals surface area contributed by atoms with Gasteiger partial charge in [0.15, 0.2) is 0 Å². The van der Waals surface area contributed by atoms with E-state index >= 15 is 0 Å². The summed E-state index contributed by atoms with van der Waals surface area (Å²) in [5.74, 6) is 0. The maximum Gasteiger partial charge on any atom is 0.242 e. The largest absolute Gasteiger partial charge is 0.361 e. The van der Waals surface area contributed by atoms with E-state index in [1.54, 1.807) is 18.2 Å². The van der Waals surface area contributed by atoms with E-state index in [0.29, 0.717) is 12.8 Å². The average molecular weight is 454 g/mol. The number of hydrogen-bond acceptors (Lipinski definition) is 2. The first-order valence-corrected chi connectivity index (χ1v) is 10.7. The lowest BCUT2D eigenvalue weighted by Crippen LogP contribution is -2.36. The Morgan fingerprint density at radius 2 is 2.04 bits per heavy atom. The molecule has 26 heavy (non-hydrogen) atoms. The summed E-state index contributed by atoms with van der Waals surface area (Å²) in [5.41, 5.74) is 2.08. The van der Waals surface area contributed by atoms with Gasteiger partial charge in [0, 0.05) is 27.6 Å². The molecule has 1 atom stereocenters. The fraction of sp³-hybridized carbons (Fsp3) is 0.158. The molecule has 4 nitrogen and oxygen atoms in total. The Bertz CT molecular complexity index is 1050. The SMILES string of the molecule is C=CC[C@@H](Cc1c[nH]c2ccccc12)NS(=O)(=O)c1ccc(Br)cc1Cl. The van der Waals surface area contributed by atoms with Crippen LogP contribution >= 0.6 is 27.5 Å². The van der Waals surface area contributed by atoms with E-state index in [-0.39, 0.29) is 16.0 Å². The van der Waals surface area contributed by atoms with Crippen molar-refractivity contribution in [3.63, 3.8) is 0 Å². The lowest BCUT2D eigenvalue weighted by atomic mass is 10.0. The van der Waals surface area contributed by atoms with Crippen LogP contribution in [0.1, 0.15) is 12.0 Å². The zero-order chi connectivity index (χ0) is 18.7. The van der Waals surface area contributed by atoms with Gasteiger partial charge in [-0.05, 0) is 42.7 Å². The van der Waals surface area contributed by atoms with Crippen molar-refractivity contribution in [3.8, 4) is 0 Å². The molecular formula is C19H18BrClN2O2S. The molecule has 0 spiro atoms. The van der Waals surface area contributed by atoms with Gasteiger partial charge in [-0.1, -0.05) is 51.8 Å². The van der Waals surface area contributed by atoms with Crippen molar-refractivity contribution in [1.29, 1.82) is 0 Å². The van der Waals surface area contributed by atoms with Crippen LogP contribution in [0.25, 0.3) is 10.9 Å². The van der Waals surface area contributed by atoms with Crippen LogP contribution in [0.5, 0.6) is 0 Å². The van der Waals surface area contributed by atoms with Crippen LogP contribution in [-0.2, 0) is 16.4 Å². The van der Waals surface area contributed by atoms with Crippen LogP contribution in [0, 0.1) is 0 Å². The molecule has 0 radical (unpaired) electrons. The molecule has 0 aliphatic heterocycles. The van der Waals surface area contributed by atoms with Crippen molar-refractivity contribution in [1.82, 2.24) is 9.71 Å². The zero-order valence-electron chi connectivity index (χ0n) is 13.9. The molecule has 0 fully saturated rings. The second-order valence-electron chi connectivity index (χ2n) is 5.98. The Morgan fingerprint density at radius 3 is 2.77 bits per heavy atom. The number of benzene rings is 2. The molecular weight excluding hydrogens is 436 g/mol. The standard InChI is InChI=1S/C19H18BrClN2O2S/c1-2-5-15(10-13-12-22-18-7-4-3-6-16(13)18)23-26(24,25)19-9-8-14(20)11-17(19)21/h2-4,6-9,11-12,15,22-23H,1,5,10H2/t15-/m0/s1. The molecule has 0 aliphatic carbocycles. The number of nitrogens with one attached hydrogen (secondary N) is 2. The number of rotatable bonds is 7. The van der Waals surface area contributed by atoms with E-state index in [1.807, 2.05) is 30.5 Å². The third-order valence-corrected chi connectivity index (χ3v) is 6.59. The lowest BCUT2D eigenvalue weighted by Gasteiger charge is -2.18. The molecule has 2 aromatic carbocycles. The second kappa shape index (κ2) is 7.96. The van der Waals surface area contributed by atoms with Crippen LogP contribution in [-0.4, -0.2) is 19.4 Å². The fourth-order valence-electron chi connectivity index (χ4n) is 2.92. The number of hydrogen-bond donors (Lipinski definition) is 2. The monoisotopic (exact) mass is 452 g/mol. The fourth-order valence-corrected chi connectivity index (χ4v) is 5.20. The summed E-state index contributed by atoms with van der Waals surface area (Å²) < 4.78 is 29.1. The summed E-state index contributed by atoms with van der Waals surface area (Å²) in [6.07, 6.45) is 4.68. The number of para-hydroxylation sites is 1. The molecule has 7 heteroatoms. The number of sulfonamides is 1. The van der Waals surface area contributed by atoms with Crippen LogP contribution in [0.4, 0.5) is 0 Å². The highest BCUT2D eigenvalue weighted by atomic mass is 79.9. The van der Waals surface area contributed by atoms with E-state index in [2.05, 4.69) is 32.2 Å². The Balaban J connectivity index is 1.87. The molecule has 0 bridgehead atoms. The number of aromatic nitrogens is 1.